The molecule has 0 saturated heterocycles. The predicted molar refractivity (Wildman–Crippen MR) is 99.8 cm³/mol. The van der Waals surface area contributed by atoms with Crippen LogP contribution in [0.15, 0.2) is 33.7 Å². The molecule has 3 rings (SSSR count). The molecule has 26 heavy (non-hydrogen) atoms. The summed E-state index contributed by atoms with van der Waals surface area (Å²) in [6.45, 7) is 4.64. The fourth-order valence-electron chi connectivity index (χ4n) is 4.03. The van der Waals surface area contributed by atoms with E-state index in [0.29, 0.717) is 13.2 Å². The summed E-state index contributed by atoms with van der Waals surface area (Å²) in [6, 6.07) is 12.2. The summed E-state index contributed by atoms with van der Waals surface area (Å²) in [5.74, 6) is -1.91. The molecule has 1 fully saturated rings. The van der Waals surface area contributed by atoms with Crippen molar-refractivity contribution in [3.63, 3.8) is 0 Å². The molecule has 136 valence electrons. The van der Waals surface area contributed by atoms with E-state index in [0.717, 1.165) is 22.9 Å². The Morgan fingerprint density at radius 2 is 1.85 bits per heavy atom. The van der Waals surface area contributed by atoms with E-state index in [-0.39, 0.29) is 5.84 Å². The van der Waals surface area contributed by atoms with Gasteiger partial charge >= 0.3 is 0 Å². The molecule has 6 nitrogen and oxygen atoms in total. The first kappa shape index (κ1) is 18.8. The maximum atomic E-state index is 10.2. The average molecular weight is 417 g/mol. The molecular formula is C19H21BrN4O2. The van der Waals surface area contributed by atoms with Crippen LogP contribution in [0.3, 0.4) is 0 Å². The Morgan fingerprint density at radius 3 is 2.35 bits per heavy atom. The molecular weight excluding hydrogens is 396 g/mol. The van der Waals surface area contributed by atoms with E-state index >= 15 is 0 Å². The first-order valence-electron chi connectivity index (χ1n) is 8.71. The zero-order valence-electron chi connectivity index (χ0n) is 14.8. The normalized spacial score (nSPS) is 30.8. The molecule has 0 radical (unpaired) electrons. The van der Waals surface area contributed by atoms with Crippen LogP contribution in [0.1, 0.15) is 38.2 Å². The highest BCUT2D eigenvalue weighted by molar-refractivity contribution is 9.10. The molecule has 1 aromatic carbocycles. The first-order chi connectivity index (χ1) is 12.5. The van der Waals surface area contributed by atoms with Gasteiger partial charge in [0, 0.05) is 10.4 Å². The quantitative estimate of drug-likeness (QED) is 0.685. The van der Waals surface area contributed by atoms with Crippen molar-refractivity contribution < 1.29 is 9.47 Å². The summed E-state index contributed by atoms with van der Waals surface area (Å²) in [5.41, 5.74) is 4.51. The molecule has 7 heteroatoms. The Morgan fingerprint density at radius 1 is 1.19 bits per heavy atom. The molecule has 1 aliphatic carbocycles. The van der Waals surface area contributed by atoms with Crippen LogP contribution in [0.4, 0.5) is 0 Å². The zero-order valence-corrected chi connectivity index (χ0v) is 16.4. The van der Waals surface area contributed by atoms with E-state index in [1.807, 2.05) is 38.1 Å². The van der Waals surface area contributed by atoms with E-state index in [1.54, 1.807) is 0 Å². The second-order valence-corrected chi connectivity index (χ2v) is 7.52. The molecule has 2 N–H and O–H groups in total. The number of halogens is 1. The summed E-state index contributed by atoms with van der Waals surface area (Å²) in [7, 11) is 0. The van der Waals surface area contributed by atoms with Crippen molar-refractivity contribution in [2.24, 2.45) is 21.6 Å². The number of ether oxygens (including phenoxy) is 2. The molecule has 2 aliphatic rings. The topological polar surface area (TPSA) is 104 Å². The minimum Gasteiger partial charge on any atom is -0.386 e. The fraction of sp³-hybridized carbons (Fsp3) is 0.526. The highest BCUT2D eigenvalue weighted by atomic mass is 79.9. The molecule has 0 spiro atoms. The predicted octanol–water partition coefficient (Wildman–Crippen LogP) is 3.44. The van der Waals surface area contributed by atoms with Crippen LogP contribution in [-0.2, 0) is 9.47 Å². The van der Waals surface area contributed by atoms with Crippen molar-refractivity contribution in [1.82, 2.24) is 0 Å². The molecule has 0 amide bonds. The Labute approximate surface area is 161 Å². The van der Waals surface area contributed by atoms with Gasteiger partial charge in [-0.25, -0.2) is 4.99 Å². The van der Waals surface area contributed by atoms with E-state index < -0.39 is 22.7 Å². The lowest BCUT2D eigenvalue weighted by atomic mass is 9.93. The number of nitrogens with two attached hydrogens (primary N) is 1. The van der Waals surface area contributed by atoms with Gasteiger partial charge in [0.2, 0.25) is 0 Å². The smallest absolute Gasteiger partial charge is 0.293 e. The van der Waals surface area contributed by atoms with Gasteiger partial charge in [0.15, 0.2) is 5.41 Å². The summed E-state index contributed by atoms with van der Waals surface area (Å²) >= 11 is 3.45. The van der Waals surface area contributed by atoms with Gasteiger partial charge in [-0.05, 0) is 30.5 Å². The van der Waals surface area contributed by atoms with Crippen molar-refractivity contribution in [2.75, 3.05) is 13.2 Å². The van der Waals surface area contributed by atoms with Gasteiger partial charge in [-0.15, -0.1) is 0 Å². The highest BCUT2D eigenvalue weighted by Crippen LogP contribution is 2.82. The lowest BCUT2D eigenvalue weighted by Gasteiger charge is -2.32. The van der Waals surface area contributed by atoms with Gasteiger partial charge in [-0.3, -0.25) is 0 Å². The summed E-state index contributed by atoms with van der Waals surface area (Å²) < 4.78 is 12.9. The standard InChI is InChI=1S/C19H21BrN4O2/c1-3-8-25-19(26-9-4-2)18(12-22)15(13-6-5-7-14(20)10-13)17(18,11-21)16(23)24-19/h5-7,10,15H,3-4,8-9H2,1-2H3,(H2,23,24). The monoisotopic (exact) mass is 416 g/mol. The third-order valence-electron chi connectivity index (χ3n) is 5.11. The number of fused-ring (bicyclic) bond motifs is 1. The summed E-state index contributed by atoms with van der Waals surface area (Å²) in [4.78, 5) is 4.40. The summed E-state index contributed by atoms with van der Waals surface area (Å²) in [6.07, 6.45) is 1.46. The number of nitriles is 2. The van der Waals surface area contributed by atoms with Gasteiger partial charge in [0.05, 0.1) is 25.4 Å². The maximum Gasteiger partial charge on any atom is 0.293 e. The number of hydrogen-bond acceptors (Lipinski definition) is 6. The average Bonchev–Trinajstić information content (AvgIpc) is 3.23. The van der Waals surface area contributed by atoms with Gasteiger partial charge in [-0.1, -0.05) is 41.9 Å². The van der Waals surface area contributed by atoms with E-state index in [1.165, 1.54) is 0 Å². The second-order valence-electron chi connectivity index (χ2n) is 6.60. The number of rotatable bonds is 7. The van der Waals surface area contributed by atoms with Gasteiger partial charge in [0.1, 0.15) is 11.3 Å². The molecule has 1 aliphatic heterocycles. The van der Waals surface area contributed by atoms with Crippen molar-refractivity contribution in [1.29, 1.82) is 10.5 Å². The lowest BCUT2D eigenvalue weighted by molar-refractivity contribution is -0.259. The number of hydrogen-bond donors (Lipinski definition) is 1. The van der Waals surface area contributed by atoms with Crippen molar-refractivity contribution >= 4 is 21.8 Å². The van der Waals surface area contributed by atoms with E-state index in [2.05, 4.69) is 33.1 Å². The minimum absolute atomic E-state index is 0.110. The third-order valence-corrected chi connectivity index (χ3v) is 5.61. The SMILES string of the molecule is CCCOC1(OCCC)N=C(N)C2(C#N)C(c3cccc(Br)c3)C12C#N. The number of benzene rings is 1. The number of aliphatic imine (C=N–C) groups is 1. The van der Waals surface area contributed by atoms with Crippen LogP contribution in [0.5, 0.6) is 0 Å². The van der Waals surface area contributed by atoms with Gasteiger partial charge in [-0.2, -0.15) is 10.5 Å². The summed E-state index contributed by atoms with van der Waals surface area (Å²) in [5, 5.41) is 20.2. The van der Waals surface area contributed by atoms with E-state index in [9.17, 15) is 10.5 Å². The van der Waals surface area contributed by atoms with Crippen LogP contribution >= 0.6 is 15.9 Å². The third kappa shape index (κ3) is 2.18. The Bertz CT molecular complexity index is 820. The van der Waals surface area contributed by atoms with Crippen LogP contribution in [-0.4, -0.2) is 25.0 Å². The highest BCUT2D eigenvalue weighted by Gasteiger charge is 2.93. The molecule has 1 saturated carbocycles. The lowest BCUT2D eigenvalue weighted by Crippen LogP contribution is -2.44. The largest absolute Gasteiger partial charge is 0.386 e. The molecule has 3 atom stereocenters. The molecule has 0 aromatic heterocycles. The Balaban J connectivity index is 2.17. The Hall–Kier alpha value is -1.93. The molecule has 1 heterocycles. The van der Waals surface area contributed by atoms with Crippen molar-refractivity contribution in [3.05, 3.63) is 34.3 Å². The minimum atomic E-state index is -1.55. The molecule has 3 unspecified atom stereocenters. The fourth-order valence-corrected chi connectivity index (χ4v) is 4.44. The number of amidine groups is 1. The van der Waals surface area contributed by atoms with E-state index in [4.69, 9.17) is 15.2 Å². The van der Waals surface area contributed by atoms with Crippen molar-refractivity contribution in [3.8, 4) is 12.1 Å². The Kier molecular flexibility index (Phi) is 4.83. The van der Waals surface area contributed by atoms with Crippen LogP contribution in [0.2, 0.25) is 0 Å². The van der Waals surface area contributed by atoms with Crippen molar-refractivity contribution in [2.45, 2.75) is 38.5 Å². The van der Waals surface area contributed by atoms with Crippen LogP contribution < -0.4 is 5.73 Å². The van der Waals surface area contributed by atoms with Gasteiger partial charge < -0.3 is 15.2 Å². The zero-order chi connectivity index (χ0) is 19.0. The number of nitrogens with zero attached hydrogens (tertiary/aromatic N) is 3. The molecule has 1 aromatic rings. The first-order valence-corrected chi connectivity index (χ1v) is 9.50. The maximum absolute atomic E-state index is 10.2. The van der Waals surface area contributed by atoms with Gasteiger partial charge in [0.25, 0.3) is 5.91 Å². The van der Waals surface area contributed by atoms with Crippen LogP contribution in [0, 0.1) is 33.5 Å². The van der Waals surface area contributed by atoms with Crippen LogP contribution in [0.25, 0.3) is 0 Å². The second kappa shape index (κ2) is 6.66. The molecule has 0 bridgehead atoms.